The van der Waals surface area contributed by atoms with Gasteiger partial charge in [-0.05, 0) is 12.1 Å². The molecular formula is C26H22F4N6O3. The predicted molar refractivity (Wildman–Crippen MR) is 132 cm³/mol. The van der Waals surface area contributed by atoms with Crippen LogP contribution in [0.2, 0.25) is 0 Å². The first-order chi connectivity index (χ1) is 18.6. The molecule has 0 saturated carbocycles. The van der Waals surface area contributed by atoms with E-state index >= 15 is 0 Å². The predicted octanol–water partition coefficient (Wildman–Crippen LogP) is 3.64. The smallest absolute Gasteiger partial charge is 0.275 e. The van der Waals surface area contributed by atoms with Crippen LogP contribution in [0.25, 0.3) is 21.8 Å². The molecule has 1 saturated heterocycles. The summed E-state index contributed by atoms with van der Waals surface area (Å²) in [4.78, 5) is 34.8. The number of imidazole rings is 1. The number of halogens is 4. The van der Waals surface area contributed by atoms with Crippen LogP contribution >= 0.6 is 0 Å². The molecule has 0 spiro atoms. The lowest BCUT2D eigenvalue weighted by Gasteiger charge is -2.31. The summed E-state index contributed by atoms with van der Waals surface area (Å²) in [7, 11) is 0. The number of fused-ring (bicyclic) bond motifs is 2. The number of ether oxygens (including phenoxy) is 1. The highest BCUT2D eigenvalue weighted by molar-refractivity contribution is 5.85. The zero-order valence-electron chi connectivity index (χ0n) is 20.5. The lowest BCUT2D eigenvalue weighted by Crippen LogP contribution is -2.45. The van der Waals surface area contributed by atoms with Gasteiger partial charge >= 0.3 is 0 Å². The summed E-state index contributed by atoms with van der Waals surface area (Å²) in [5, 5.41) is 14.7. The van der Waals surface area contributed by atoms with E-state index in [4.69, 9.17) is 4.74 Å². The molecule has 5 rings (SSSR count). The first-order valence-electron chi connectivity index (χ1n) is 12.1. The van der Waals surface area contributed by atoms with Crippen LogP contribution in [0.4, 0.5) is 17.6 Å². The molecule has 2 aromatic heterocycles. The Labute approximate surface area is 218 Å². The minimum absolute atomic E-state index is 0.00777. The van der Waals surface area contributed by atoms with Crippen molar-refractivity contribution in [3.63, 3.8) is 0 Å². The topological polar surface area (TPSA) is 117 Å². The van der Waals surface area contributed by atoms with Crippen LogP contribution in [0.3, 0.4) is 0 Å². The second-order valence-corrected chi connectivity index (χ2v) is 9.23. The summed E-state index contributed by atoms with van der Waals surface area (Å²) in [6.45, 7) is -1.47. The van der Waals surface area contributed by atoms with Crippen molar-refractivity contribution in [2.45, 2.75) is 38.2 Å². The number of amides is 1. The maximum absolute atomic E-state index is 13.5. The number of aromatic nitrogens is 4. The first-order valence-corrected chi connectivity index (χ1v) is 12.1. The van der Waals surface area contributed by atoms with Crippen molar-refractivity contribution in [3.05, 3.63) is 63.8 Å². The van der Waals surface area contributed by atoms with Gasteiger partial charge in [0.05, 0.1) is 34.1 Å². The number of hydrogen-bond donors (Lipinski definition) is 1. The van der Waals surface area contributed by atoms with Crippen molar-refractivity contribution in [2.75, 3.05) is 19.7 Å². The van der Waals surface area contributed by atoms with Gasteiger partial charge in [-0.25, -0.2) is 27.2 Å². The highest BCUT2D eigenvalue weighted by Crippen LogP contribution is 2.28. The summed E-state index contributed by atoms with van der Waals surface area (Å²) in [5.41, 5.74) is 0.835. The maximum atomic E-state index is 13.5. The number of aromatic amines is 1. The average molecular weight is 542 g/mol. The van der Waals surface area contributed by atoms with Gasteiger partial charge < -0.3 is 14.6 Å². The second-order valence-electron chi connectivity index (χ2n) is 9.23. The Bertz CT molecular complexity index is 1650. The number of likely N-dealkylation sites (tertiary alicyclic amines) is 1. The van der Waals surface area contributed by atoms with Gasteiger partial charge in [0.2, 0.25) is 5.91 Å². The molecule has 1 fully saturated rings. The van der Waals surface area contributed by atoms with Crippen molar-refractivity contribution in [1.29, 1.82) is 5.26 Å². The number of H-pyrrole nitrogens is 1. The fraction of sp³-hybridized carbons (Fsp3) is 0.346. The largest absolute Gasteiger partial charge is 0.486 e. The number of alkyl halides is 4. The van der Waals surface area contributed by atoms with Gasteiger partial charge in [0.25, 0.3) is 17.9 Å². The SMILES string of the molecule is N#Cc1cc2nc(Cc3nn(CC(=O)N4CCC(F)(F)CC4)c(=O)c4ccccc34)[nH]c2cc1OCC(F)F. The fourth-order valence-corrected chi connectivity index (χ4v) is 4.55. The number of piperidine rings is 1. The number of nitriles is 1. The van der Waals surface area contributed by atoms with E-state index in [1.807, 2.05) is 6.07 Å². The monoisotopic (exact) mass is 542 g/mol. The molecule has 4 aromatic rings. The van der Waals surface area contributed by atoms with Crippen LogP contribution in [0, 0.1) is 11.3 Å². The number of carbonyl (C=O) groups excluding carboxylic acids is 1. The van der Waals surface area contributed by atoms with Crippen LogP contribution in [-0.2, 0) is 17.8 Å². The van der Waals surface area contributed by atoms with E-state index in [2.05, 4.69) is 15.1 Å². The van der Waals surface area contributed by atoms with Gasteiger partial charge in [-0.3, -0.25) is 9.59 Å². The normalized spacial score (nSPS) is 15.1. The van der Waals surface area contributed by atoms with Crippen molar-refractivity contribution in [3.8, 4) is 11.8 Å². The summed E-state index contributed by atoms with van der Waals surface area (Å²) in [5.74, 6) is -2.89. The number of nitrogens with zero attached hydrogens (tertiary/aromatic N) is 5. The van der Waals surface area contributed by atoms with E-state index in [1.165, 1.54) is 17.0 Å². The van der Waals surface area contributed by atoms with Gasteiger partial charge in [-0.1, -0.05) is 18.2 Å². The minimum atomic E-state index is -2.81. The number of hydrogen-bond acceptors (Lipinski definition) is 6. The van der Waals surface area contributed by atoms with Crippen LogP contribution < -0.4 is 10.3 Å². The molecule has 2 aromatic carbocycles. The Morgan fingerprint density at radius 2 is 1.90 bits per heavy atom. The Morgan fingerprint density at radius 1 is 1.18 bits per heavy atom. The van der Waals surface area contributed by atoms with Crippen molar-refractivity contribution >= 4 is 27.7 Å². The second kappa shape index (κ2) is 10.4. The number of rotatable bonds is 7. The molecule has 202 valence electrons. The van der Waals surface area contributed by atoms with Gasteiger partial charge in [-0.2, -0.15) is 10.4 Å². The fourth-order valence-electron chi connectivity index (χ4n) is 4.55. The lowest BCUT2D eigenvalue weighted by atomic mass is 10.1. The third-order valence-electron chi connectivity index (χ3n) is 6.53. The van der Waals surface area contributed by atoms with Gasteiger partial charge in [-0.15, -0.1) is 0 Å². The molecule has 1 amide bonds. The molecular weight excluding hydrogens is 520 g/mol. The molecule has 1 aliphatic rings. The van der Waals surface area contributed by atoms with E-state index in [-0.39, 0.29) is 30.8 Å². The van der Waals surface area contributed by atoms with Gasteiger partial charge in [0.1, 0.15) is 30.8 Å². The third kappa shape index (κ3) is 5.55. The minimum Gasteiger partial charge on any atom is -0.486 e. The van der Waals surface area contributed by atoms with Crippen molar-refractivity contribution < 1.29 is 27.1 Å². The van der Waals surface area contributed by atoms with E-state index in [0.29, 0.717) is 33.3 Å². The van der Waals surface area contributed by atoms with E-state index < -0.39 is 49.8 Å². The number of benzene rings is 2. The number of nitrogens with one attached hydrogen (secondary N) is 1. The van der Waals surface area contributed by atoms with E-state index in [0.717, 1.165) is 4.68 Å². The summed E-state index contributed by atoms with van der Waals surface area (Å²) in [6, 6.07) is 11.5. The first kappa shape index (κ1) is 26.1. The quantitative estimate of drug-likeness (QED) is 0.357. The van der Waals surface area contributed by atoms with Crippen LogP contribution in [0.5, 0.6) is 5.75 Å². The maximum Gasteiger partial charge on any atom is 0.275 e. The molecule has 0 unspecified atom stereocenters. The van der Waals surface area contributed by atoms with Crippen molar-refractivity contribution in [2.24, 2.45) is 0 Å². The molecule has 0 aliphatic carbocycles. The third-order valence-corrected chi connectivity index (χ3v) is 6.53. The molecule has 13 heteroatoms. The molecule has 1 N–H and O–H groups in total. The van der Waals surface area contributed by atoms with Crippen LogP contribution in [0.1, 0.15) is 29.9 Å². The molecule has 0 bridgehead atoms. The summed E-state index contributed by atoms with van der Waals surface area (Å²) in [6.07, 6.45) is -3.46. The summed E-state index contributed by atoms with van der Waals surface area (Å²) < 4.78 is 58.3. The molecule has 9 nitrogen and oxygen atoms in total. The average Bonchev–Trinajstić information content (AvgIpc) is 3.30. The van der Waals surface area contributed by atoms with Gasteiger partial charge in [0.15, 0.2) is 0 Å². The van der Waals surface area contributed by atoms with Crippen LogP contribution in [-0.4, -0.2) is 62.6 Å². The zero-order chi connectivity index (χ0) is 27.7. The molecule has 1 aliphatic heterocycles. The van der Waals surface area contributed by atoms with Crippen LogP contribution in [0.15, 0.2) is 41.2 Å². The highest BCUT2D eigenvalue weighted by Gasteiger charge is 2.35. The molecule has 0 radical (unpaired) electrons. The molecule has 0 atom stereocenters. The molecule has 39 heavy (non-hydrogen) atoms. The van der Waals surface area contributed by atoms with Crippen molar-refractivity contribution in [1.82, 2.24) is 24.6 Å². The van der Waals surface area contributed by atoms with E-state index in [1.54, 1.807) is 24.3 Å². The van der Waals surface area contributed by atoms with Gasteiger partial charge in [0, 0.05) is 37.4 Å². The Hall–Kier alpha value is -4.47. The Balaban J connectivity index is 1.46. The lowest BCUT2D eigenvalue weighted by molar-refractivity contribution is -0.138. The van der Waals surface area contributed by atoms with E-state index in [9.17, 15) is 32.4 Å². The Kier molecular flexibility index (Phi) is 6.94. The zero-order valence-corrected chi connectivity index (χ0v) is 20.5. The standard InChI is InChI=1S/C26H22F4N6O3/c27-22(28)14-39-21-10-20-19(9-15(21)12-31)32-23(33-20)11-18-16-3-1-2-4-17(16)25(38)36(34-18)13-24(37)35-7-5-26(29,30)6-8-35/h1-4,9-10,22H,5-8,11,13-14H2,(H,32,33). The Morgan fingerprint density at radius 3 is 2.59 bits per heavy atom. The molecule has 3 heterocycles. The highest BCUT2D eigenvalue weighted by atomic mass is 19.3. The number of carbonyl (C=O) groups is 1. The summed E-state index contributed by atoms with van der Waals surface area (Å²) >= 11 is 0.